The van der Waals surface area contributed by atoms with Gasteiger partial charge in [0.25, 0.3) is 5.91 Å². The summed E-state index contributed by atoms with van der Waals surface area (Å²) in [4.78, 5) is 20.2. The van der Waals surface area contributed by atoms with Gasteiger partial charge in [-0.25, -0.2) is 0 Å². The molecular weight excluding hydrogens is 386 g/mol. The number of benzene rings is 1. The Morgan fingerprint density at radius 1 is 0.966 bits per heavy atom. The second-order valence-corrected chi connectivity index (χ2v) is 8.38. The lowest BCUT2D eigenvalue weighted by Crippen LogP contribution is -2.49. The van der Waals surface area contributed by atoms with E-state index in [-0.39, 0.29) is 5.91 Å². The lowest BCUT2D eigenvalue weighted by molar-refractivity contribution is 0.0751. The van der Waals surface area contributed by atoms with Crippen molar-refractivity contribution >= 4 is 38.8 Å². The first-order valence-corrected chi connectivity index (χ1v) is 10.8. The van der Waals surface area contributed by atoms with Crippen LogP contribution in [0.3, 0.4) is 0 Å². The van der Waals surface area contributed by atoms with Gasteiger partial charge in [0.05, 0.1) is 30.0 Å². The van der Waals surface area contributed by atoms with E-state index in [1.807, 2.05) is 29.3 Å². The van der Waals surface area contributed by atoms with Crippen molar-refractivity contribution in [2.75, 3.05) is 62.3 Å². The van der Waals surface area contributed by atoms with E-state index in [4.69, 9.17) is 4.74 Å². The van der Waals surface area contributed by atoms with Gasteiger partial charge in [-0.05, 0) is 17.5 Å². The summed E-state index contributed by atoms with van der Waals surface area (Å²) >= 11 is 1.57. The Labute approximate surface area is 173 Å². The zero-order valence-electron chi connectivity index (χ0n) is 16.2. The van der Waals surface area contributed by atoms with Crippen LogP contribution in [0.1, 0.15) is 9.67 Å². The first-order valence-electron chi connectivity index (χ1n) is 9.96. The molecular formula is C21H23N5O2S. The number of ether oxygens (including phenoxy) is 1. The maximum absolute atomic E-state index is 12.9. The predicted molar refractivity (Wildman–Crippen MR) is 115 cm³/mol. The van der Waals surface area contributed by atoms with Crippen LogP contribution in [0.15, 0.2) is 42.6 Å². The summed E-state index contributed by atoms with van der Waals surface area (Å²) in [5.41, 5.74) is 1.09. The first kappa shape index (κ1) is 18.3. The average Bonchev–Trinajstić information content (AvgIpc) is 3.24. The lowest BCUT2D eigenvalue weighted by atomic mass is 10.2. The van der Waals surface area contributed by atoms with Crippen molar-refractivity contribution in [3.05, 3.63) is 47.5 Å². The predicted octanol–water partition coefficient (Wildman–Crippen LogP) is 2.49. The Balaban J connectivity index is 1.25. The third-order valence-electron chi connectivity index (χ3n) is 5.53. The van der Waals surface area contributed by atoms with Crippen molar-refractivity contribution in [1.29, 1.82) is 0 Å². The molecule has 0 unspecified atom stereocenters. The Bertz CT molecular complexity index is 976. The van der Waals surface area contributed by atoms with Crippen molar-refractivity contribution in [2.24, 2.45) is 0 Å². The van der Waals surface area contributed by atoms with Gasteiger partial charge >= 0.3 is 0 Å². The summed E-state index contributed by atoms with van der Waals surface area (Å²) in [6, 6.07) is 12.2. The second kappa shape index (κ2) is 7.96. The topological polar surface area (TPSA) is 61.8 Å². The van der Waals surface area contributed by atoms with E-state index in [1.165, 1.54) is 0 Å². The molecule has 2 fully saturated rings. The van der Waals surface area contributed by atoms with Crippen LogP contribution in [0.5, 0.6) is 0 Å². The Kier molecular flexibility index (Phi) is 5.03. The minimum atomic E-state index is 0.124. The molecule has 2 saturated heterocycles. The molecule has 0 spiro atoms. The Morgan fingerprint density at radius 2 is 1.76 bits per heavy atom. The summed E-state index contributed by atoms with van der Waals surface area (Å²) < 4.78 is 6.59. The molecule has 2 aliphatic rings. The number of hydrogen-bond donors (Lipinski definition) is 0. The number of thiophene rings is 1. The highest BCUT2D eigenvalue weighted by atomic mass is 32.1. The number of aromatic nitrogens is 2. The summed E-state index contributed by atoms with van der Waals surface area (Å²) in [7, 11) is 0. The number of piperazine rings is 1. The third kappa shape index (κ3) is 3.77. The van der Waals surface area contributed by atoms with Gasteiger partial charge in [0, 0.05) is 50.0 Å². The highest BCUT2D eigenvalue weighted by Gasteiger charge is 2.25. The fraction of sp³-hybridized carbons (Fsp3) is 0.381. The Morgan fingerprint density at radius 3 is 2.55 bits per heavy atom. The van der Waals surface area contributed by atoms with Gasteiger partial charge in [0.2, 0.25) is 0 Å². The van der Waals surface area contributed by atoms with E-state index in [0.717, 1.165) is 65.9 Å². The van der Waals surface area contributed by atoms with E-state index in [0.29, 0.717) is 13.1 Å². The fourth-order valence-electron chi connectivity index (χ4n) is 3.88. The van der Waals surface area contributed by atoms with Crippen molar-refractivity contribution in [3.63, 3.8) is 0 Å². The van der Waals surface area contributed by atoms with Crippen LogP contribution in [0.25, 0.3) is 10.1 Å². The minimum Gasteiger partial charge on any atom is -0.378 e. The van der Waals surface area contributed by atoms with E-state index in [9.17, 15) is 4.79 Å². The van der Waals surface area contributed by atoms with Crippen molar-refractivity contribution in [2.45, 2.75) is 0 Å². The number of amides is 1. The standard InChI is InChI=1S/C21H23N5O2S/c27-21(19-13-16-3-1-2-4-18(16)29-19)26-7-5-25(6-8-26)20-14-17(15-22-23-20)24-9-11-28-12-10-24/h1-4,13-15H,5-12H2. The van der Waals surface area contributed by atoms with Gasteiger partial charge in [0.15, 0.2) is 5.82 Å². The van der Waals surface area contributed by atoms with Gasteiger partial charge in [-0.3, -0.25) is 4.79 Å². The highest BCUT2D eigenvalue weighted by Crippen LogP contribution is 2.27. The zero-order valence-corrected chi connectivity index (χ0v) is 17.0. The molecule has 2 aliphatic heterocycles. The molecule has 0 bridgehead atoms. The number of fused-ring (bicyclic) bond motifs is 1. The molecule has 3 aromatic rings. The Hall–Kier alpha value is -2.71. The van der Waals surface area contributed by atoms with E-state index in [2.05, 4.69) is 38.2 Å². The first-order chi connectivity index (χ1) is 14.3. The van der Waals surface area contributed by atoms with Gasteiger partial charge < -0.3 is 19.4 Å². The summed E-state index contributed by atoms with van der Waals surface area (Å²) in [5, 5.41) is 9.67. The highest BCUT2D eigenvalue weighted by molar-refractivity contribution is 7.20. The van der Waals surface area contributed by atoms with Crippen LogP contribution >= 0.6 is 11.3 Å². The molecule has 0 N–H and O–H groups in total. The zero-order chi connectivity index (χ0) is 19.6. The maximum atomic E-state index is 12.9. The number of anilines is 2. The molecule has 0 aliphatic carbocycles. The van der Waals surface area contributed by atoms with Crippen molar-refractivity contribution in [1.82, 2.24) is 15.1 Å². The van der Waals surface area contributed by atoms with Gasteiger partial charge in [-0.2, -0.15) is 5.10 Å². The molecule has 150 valence electrons. The van der Waals surface area contributed by atoms with E-state index >= 15 is 0 Å². The smallest absolute Gasteiger partial charge is 0.264 e. The lowest BCUT2D eigenvalue weighted by Gasteiger charge is -2.35. The largest absolute Gasteiger partial charge is 0.378 e. The van der Waals surface area contributed by atoms with Crippen molar-refractivity contribution in [3.8, 4) is 0 Å². The number of carbonyl (C=O) groups excluding carboxylic acids is 1. The van der Waals surface area contributed by atoms with Gasteiger partial charge in [-0.15, -0.1) is 16.4 Å². The van der Waals surface area contributed by atoms with E-state index < -0.39 is 0 Å². The number of rotatable bonds is 3. The van der Waals surface area contributed by atoms with Crippen LogP contribution in [-0.4, -0.2) is 73.5 Å². The number of carbonyl (C=O) groups is 1. The molecule has 2 aromatic heterocycles. The van der Waals surface area contributed by atoms with Crippen LogP contribution in [0.2, 0.25) is 0 Å². The normalized spacial score (nSPS) is 17.7. The molecule has 7 nitrogen and oxygen atoms in total. The van der Waals surface area contributed by atoms with Crippen LogP contribution in [0, 0.1) is 0 Å². The maximum Gasteiger partial charge on any atom is 0.264 e. The number of morpholine rings is 1. The molecule has 1 aromatic carbocycles. The fourth-order valence-corrected chi connectivity index (χ4v) is 4.91. The molecule has 4 heterocycles. The van der Waals surface area contributed by atoms with Crippen LogP contribution < -0.4 is 9.80 Å². The van der Waals surface area contributed by atoms with Crippen LogP contribution in [0.4, 0.5) is 11.5 Å². The molecule has 5 rings (SSSR count). The minimum absolute atomic E-state index is 0.124. The van der Waals surface area contributed by atoms with Crippen LogP contribution in [-0.2, 0) is 4.74 Å². The van der Waals surface area contributed by atoms with Crippen molar-refractivity contribution < 1.29 is 9.53 Å². The average molecular weight is 410 g/mol. The summed E-state index contributed by atoms with van der Waals surface area (Å²) in [5.74, 6) is 1.00. The molecule has 0 saturated carbocycles. The molecule has 0 radical (unpaired) electrons. The second-order valence-electron chi connectivity index (χ2n) is 7.30. The van der Waals surface area contributed by atoms with E-state index in [1.54, 1.807) is 11.3 Å². The SMILES string of the molecule is O=C(c1cc2ccccc2s1)N1CCN(c2cc(N3CCOCC3)cnn2)CC1. The quantitative estimate of drug-likeness (QED) is 0.662. The van der Waals surface area contributed by atoms with Gasteiger partial charge in [-0.1, -0.05) is 18.2 Å². The van der Waals surface area contributed by atoms with Gasteiger partial charge in [0.1, 0.15) is 0 Å². The number of hydrogen-bond acceptors (Lipinski definition) is 7. The molecule has 29 heavy (non-hydrogen) atoms. The number of nitrogens with zero attached hydrogens (tertiary/aromatic N) is 5. The summed E-state index contributed by atoms with van der Waals surface area (Å²) in [6.07, 6.45) is 1.82. The third-order valence-corrected chi connectivity index (χ3v) is 6.63. The molecule has 0 atom stereocenters. The summed E-state index contributed by atoms with van der Waals surface area (Å²) in [6.45, 7) is 6.15. The monoisotopic (exact) mass is 409 g/mol. The molecule has 8 heteroatoms. The molecule has 1 amide bonds.